The summed E-state index contributed by atoms with van der Waals surface area (Å²) in [5.74, 6) is -1.19. The summed E-state index contributed by atoms with van der Waals surface area (Å²) in [6, 6.07) is 38.1. The van der Waals surface area contributed by atoms with Gasteiger partial charge in [0.1, 0.15) is 12.6 Å². The first kappa shape index (κ1) is 28.5. The molecule has 0 aliphatic rings. The number of aldehydes is 1. The maximum absolute atomic E-state index is 13.4. The van der Waals surface area contributed by atoms with Crippen LogP contribution >= 0.6 is 0 Å². The average Bonchev–Trinajstić information content (AvgIpc) is 3.04. The Kier molecular flexibility index (Phi) is 9.20. The van der Waals surface area contributed by atoms with E-state index in [1.165, 1.54) is 0 Å². The quantitative estimate of drug-likeness (QED) is 0.141. The summed E-state index contributed by atoms with van der Waals surface area (Å²) in [5, 5.41) is 4.67. The van der Waals surface area contributed by atoms with E-state index in [0.29, 0.717) is 17.5 Å². The number of esters is 1. The van der Waals surface area contributed by atoms with Gasteiger partial charge in [-0.3, -0.25) is 9.59 Å². The highest BCUT2D eigenvalue weighted by Gasteiger charge is 2.27. The Labute approximate surface area is 246 Å². The number of benzene rings is 5. The van der Waals surface area contributed by atoms with E-state index in [0.717, 1.165) is 39.3 Å². The van der Waals surface area contributed by atoms with Gasteiger partial charge in [0.05, 0.1) is 0 Å². The molecule has 0 radical (unpaired) electrons. The van der Waals surface area contributed by atoms with Crippen LogP contribution in [0.2, 0.25) is 0 Å². The van der Waals surface area contributed by atoms with E-state index in [9.17, 15) is 14.4 Å². The maximum atomic E-state index is 13.4. The molecule has 5 aromatic carbocycles. The predicted molar refractivity (Wildman–Crippen MR) is 166 cm³/mol. The van der Waals surface area contributed by atoms with Crippen molar-refractivity contribution in [2.24, 2.45) is 5.92 Å². The number of hydrogen-bond donors (Lipinski definition) is 1. The number of rotatable bonds is 11. The number of carbonyl (C=O) groups is 3. The van der Waals surface area contributed by atoms with Crippen molar-refractivity contribution in [1.82, 2.24) is 5.32 Å². The van der Waals surface area contributed by atoms with Crippen LogP contribution in [-0.4, -0.2) is 24.2 Å². The van der Waals surface area contributed by atoms with Crippen LogP contribution in [0.3, 0.4) is 0 Å². The molecule has 1 N–H and O–H groups in total. The average molecular weight is 556 g/mol. The van der Waals surface area contributed by atoms with Crippen molar-refractivity contribution in [2.45, 2.75) is 32.4 Å². The standard InChI is InChI=1S/C37H33NO4/c1-26(22-27-16-18-30(19-17-27)29-12-6-3-7-13-29)36(40)38-35(37(41)42-25-28-10-4-2-5-11-28)23-32-21-20-31-14-8-9-15-33(31)34(32)24-39/h2-21,24,26,35H,22-23,25H2,1H3,(H,38,40)/t26-,35+/m1/s1. The first-order valence-electron chi connectivity index (χ1n) is 14.1. The molecular formula is C37H33NO4. The van der Waals surface area contributed by atoms with Gasteiger partial charge in [0.2, 0.25) is 5.91 Å². The van der Waals surface area contributed by atoms with Crippen molar-refractivity contribution in [3.05, 3.63) is 144 Å². The molecular weight excluding hydrogens is 522 g/mol. The first-order valence-corrected chi connectivity index (χ1v) is 14.1. The second kappa shape index (κ2) is 13.6. The lowest BCUT2D eigenvalue weighted by Crippen LogP contribution is -2.45. The van der Waals surface area contributed by atoms with Gasteiger partial charge in [-0.15, -0.1) is 0 Å². The zero-order valence-corrected chi connectivity index (χ0v) is 23.5. The SMILES string of the molecule is C[C@H](Cc1ccc(-c2ccccc2)cc1)C(=O)N[C@@H](Cc1ccc2ccccc2c1C=O)C(=O)OCc1ccccc1. The highest BCUT2D eigenvalue weighted by molar-refractivity contribution is 6.00. The number of ether oxygens (including phenoxy) is 1. The van der Waals surface area contributed by atoms with Crippen LogP contribution in [0.25, 0.3) is 21.9 Å². The Morgan fingerprint density at radius 1 is 0.714 bits per heavy atom. The summed E-state index contributed by atoms with van der Waals surface area (Å²) in [5.41, 5.74) is 5.31. The van der Waals surface area contributed by atoms with Crippen LogP contribution in [0.5, 0.6) is 0 Å². The predicted octanol–water partition coefficient (Wildman–Crippen LogP) is 6.97. The number of carbonyl (C=O) groups excluding carboxylic acids is 3. The molecule has 2 atom stereocenters. The van der Waals surface area contributed by atoms with Gasteiger partial charge in [0, 0.05) is 17.9 Å². The number of amides is 1. The Hall–Kier alpha value is -5.03. The van der Waals surface area contributed by atoms with Gasteiger partial charge >= 0.3 is 5.97 Å². The monoisotopic (exact) mass is 555 g/mol. The van der Waals surface area contributed by atoms with Crippen LogP contribution in [0, 0.1) is 5.92 Å². The molecule has 0 fully saturated rings. The molecule has 210 valence electrons. The summed E-state index contributed by atoms with van der Waals surface area (Å²) in [6.07, 6.45) is 1.46. The molecule has 0 saturated heterocycles. The Morgan fingerprint density at radius 3 is 2.07 bits per heavy atom. The van der Waals surface area contributed by atoms with E-state index in [4.69, 9.17) is 4.74 Å². The number of fused-ring (bicyclic) bond motifs is 1. The molecule has 0 aliphatic heterocycles. The van der Waals surface area contributed by atoms with Gasteiger partial charge in [0.25, 0.3) is 0 Å². The Morgan fingerprint density at radius 2 is 1.36 bits per heavy atom. The van der Waals surface area contributed by atoms with Crippen molar-refractivity contribution >= 4 is 28.9 Å². The molecule has 42 heavy (non-hydrogen) atoms. The second-order valence-corrected chi connectivity index (χ2v) is 10.5. The van der Waals surface area contributed by atoms with Gasteiger partial charge in [-0.25, -0.2) is 4.79 Å². The van der Waals surface area contributed by atoms with Gasteiger partial charge < -0.3 is 10.1 Å². The molecule has 1 amide bonds. The summed E-state index contributed by atoms with van der Waals surface area (Å²) in [7, 11) is 0. The molecule has 0 saturated carbocycles. The van der Waals surface area contributed by atoms with Crippen molar-refractivity contribution in [3.63, 3.8) is 0 Å². The molecule has 5 aromatic rings. The van der Waals surface area contributed by atoms with Crippen molar-refractivity contribution in [3.8, 4) is 11.1 Å². The summed E-state index contributed by atoms with van der Waals surface area (Å²) in [4.78, 5) is 38.9. The molecule has 0 aromatic heterocycles. The molecule has 0 bridgehead atoms. The fourth-order valence-electron chi connectivity index (χ4n) is 5.12. The lowest BCUT2D eigenvalue weighted by molar-refractivity contribution is -0.149. The van der Waals surface area contributed by atoms with Crippen LogP contribution in [-0.2, 0) is 33.8 Å². The third-order valence-electron chi connectivity index (χ3n) is 7.48. The Bertz CT molecular complexity index is 1660. The van der Waals surface area contributed by atoms with E-state index in [-0.39, 0.29) is 24.9 Å². The van der Waals surface area contributed by atoms with E-state index >= 15 is 0 Å². The Balaban J connectivity index is 1.32. The van der Waals surface area contributed by atoms with Crippen LogP contribution in [0.1, 0.15) is 34.0 Å². The topological polar surface area (TPSA) is 72.5 Å². The number of hydrogen-bond acceptors (Lipinski definition) is 4. The third-order valence-corrected chi connectivity index (χ3v) is 7.48. The molecule has 5 heteroatoms. The highest BCUT2D eigenvalue weighted by atomic mass is 16.5. The largest absolute Gasteiger partial charge is 0.459 e. The minimum absolute atomic E-state index is 0.0909. The van der Waals surface area contributed by atoms with E-state index in [1.807, 2.05) is 104 Å². The van der Waals surface area contributed by atoms with E-state index in [1.54, 1.807) is 0 Å². The molecule has 0 unspecified atom stereocenters. The first-order chi connectivity index (χ1) is 20.5. The van der Waals surface area contributed by atoms with Crippen LogP contribution in [0.15, 0.2) is 121 Å². The summed E-state index contributed by atoms with van der Waals surface area (Å²) in [6.45, 7) is 1.94. The molecule has 5 rings (SSSR count). The molecule has 0 spiro atoms. The normalized spacial score (nSPS) is 12.3. The maximum Gasteiger partial charge on any atom is 0.329 e. The third kappa shape index (κ3) is 6.99. The lowest BCUT2D eigenvalue weighted by Gasteiger charge is -2.21. The number of nitrogens with one attached hydrogen (secondary N) is 1. The van der Waals surface area contributed by atoms with Crippen molar-refractivity contribution < 1.29 is 19.1 Å². The van der Waals surface area contributed by atoms with E-state index < -0.39 is 12.0 Å². The summed E-state index contributed by atoms with van der Waals surface area (Å²) >= 11 is 0. The van der Waals surface area contributed by atoms with Gasteiger partial charge in [-0.1, -0.05) is 128 Å². The lowest BCUT2D eigenvalue weighted by atomic mass is 9.94. The van der Waals surface area contributed by atoms with Gasteiger partial charge in [-0.05, 0) is 45.0 Å². The zero-order chi connectivity index (χ0) is 29.3. The fourth-order valence-corrected chi connectivity index (χ4v) is 5.12. The zero-order valence-electron chi connectivity index (χ0n) is 23.5. The highest BCUT2D eigenvalue weighted by Crippen LogP contribution is 2.24. The molecule has 0 heterocycles. The van der Waals surface area contributed by atoms with Gasteiger partial charge in [0.15, 0.2) is 6.29 Å². The van der Waals surface area contributed by atoms with Crippen LogP contribution < -0.4 is 5.32 Å². The van der Waals surface area contributed by atoms with Gasteiger partial charge in [-0.2, -0.15) is 0 Å². The van der Waals surface area contributed by atoms with Crippen LogP contribution in [0.4, 0.5) is 0 Å². The smallest absolute Gasteiger partial charge is 0.329 e. The fraction of sp³-hybridized carbons (Fsp3) is 0.162. The second-order valence-electron chi connectivity index (χ2n) is 10.5. The van der Waals surface area contributed by atoms with Crippen molar-refractivity contribution in [2.75, 3.05) is 0 Å². The molecule has 5 nitrogen and oxygen atoms in total. The van der Waals surface area contributed by atoms with Crippen molar-refractivity contribution in [1.29, 1.82) is 0 Å². The minimum Gasteiger partial charge on any atom is -0.459 e. The minimum atomic E-state index is -0.955. The summed E-state index contributed by atoms with van der Waals surface area (Å²) < 4.78 is 5.64. The molecule has 0 aliphatic carbocycles. The van der Waals surface area contributed by atoms with E-state index in [2.05, 4.69) is 29.6 Å².